The number of hydrogen-bond acceptors (Lipinski definition) is 5. The van der Waals surface area contributed by atoms with Crippen molar-refractivity contribution in [3.63, 3.8) is 0 Å². The van der Waals surface area contributed by atoms with E-state index in [9.17, 15) is 14.7 Å². The van der Waals surface area contributed by atoms with E-state index in [2.05, 4.69) is 39.1 Å². The van der Waals surface area contributed by atoms with Crippen LogP contribution < -0.4 is 20.3 Å². The van der Waals surface area contributed by atoms with Gasteiger partial charge in [0.25, 0.3) is 5.56 Å². The number of aliphatic hydroxyl groups is 1. The Labute approximate surface area is 201 Å². The van der Waals surface area contributed by atoms with E-state index in [-0.39, 0.29) is 17.6 Å². The predicted octanol–water partition coefficient (Wildman–Crippen LogP) is 4.95. The van der Waals surface area contributed by atoms with Crippen LogP contribution in [0.1, 0.15) is 51.8 Å². The SMILES string of the molecule is COc1ccc(NC(=O)Oc2cc(=O)n(CCCO)c3c2CC(CC=C(C)C)C(C)(C)C3)cc1. The van der Waals surface area contributed by atoms with Crippen molar-refractivity contribution in [2.24, 2.45) is 11.3 Å². The molecular formula is C27H36N2O5. The van der Waals surface area contributed by atoms with Crippen molar-refractivity contribution in [2.45, 2.75) is 59.9 Å². The number of nitrogens with zero attached hydrogens (tertiary/aromatic N) is 1. The lowest BCUT2D eigenvalue weighted by molar-refractivity contribution is 0.182. The average Bonchev–Trinajstić information content (AvgIpc) is 2.77. The number of ether oxygens (including phenoxy) is 2. The maximum absolute atomic E-state index is 13.0. The standard InChI is InChI=1S/C27H36N2O5/c1-18(2)7-8-19-15-22-23(17-27(19,3)4)29(13-6-14-30)25(31)16-24(22)34-26(32)28-20-9-11-21(33-5)12-10-20/h7,9-12,16,19,30H,6,8,13-15,17H2,1-5H3,(H,28,32). The summed E-state index contributed by atoms with van der Waals surface area (Å²) >= 11 is 0. The number of carbonyl (C=O) groups is 1. The number of pyridine rings is 1. The van der Waals surface area contributed by atoms with E-state index in [4.69, 9.17) is 9.47 Å². The van der Waals surface area contributed by atoms with Gasteiger partial charge < -0.3 is 19.1 Å². The van der Waals surface area contributed by atoms with Crippen LogP contribution in [0.5, 0.6) is 11.5 Å². The molecule has 1 heterocycles. The maximum atomic E-state index is 13.0. The highest BCUT2D eigenvalue weighted by Crippen LogP contribution is 2.44. The zero-order valence-corrected chi connectivity index (χ0v) is 20.8. The molecule has 1 atom stereocenters. The molecule has 0 saturated heterocycles. The van der Waals surface area contributed by atoms with E-state index in [1.165, 1.54) is 11.6 Å². The second-order valence-electron chi connectivity index (χ2n) is 9.83. The van der Waals surface area contributed by atoms with Gasteiger partial charge in [-0.25, -0.2) is 4.79 Å². The van der Waals surface area contributed by atoms with Gasteiger partial charge in [-0.15, -0.1) is 0 Å². The molecule has 2 N–H and O–H groups in total. The Morgan fingerprint density at radius 3 is 2.59 bits per heavy atom. The molecular weight excluding hydrogens is 432 g/mol. The Balaban J connectivity index is 1.94. The summed E-state index contributed by atoms with van der Waals surface area (Å²) in [5.74, 6) is 1.33. The molecule has 34 heavy (non-hydrogen) atoms. The number of fused-ring (bicyclic) bond motifs is 1. The lowest BCUT2D eigenvalue weighted by Gasteiger charge is -2.41. The second kappa shape index (κ2) is 10.9. The third-order valence-electron chi connectivity index (χ3n) is 6.56. The molecule has 1 amide bonds. The Hall–Kier alpha value is -3.06. The number of hydrogen-bond donors (Lipinski definition) is 2. The molecule has 7 nitrogen and oxygen atoms in total. The van der Waals surface area contributed by atoms with Crippen molar-refractivity contribution in [3.05, 3.63) is 63.6 Å². The Morgan fingerprint density at radius 2 is 1.97 bits per heavy atom. The third kappa shape index (κ3) is 6.08. The predicted molar refractivity (Wildman–Crippen MR) is 134 cm³/mol. The van der Waals surface area contributed by atoms with Crippen molar-refractivity contribution in [1.29, 1.82) is 0 Å². The van der Waals surface area contributed by atoms with E-state index in [0.717, 1.165) is 17.7 Å². The van der Waals surface area contributed by atoms with Gasteiger partial charge >= 0.3 is 6.09 Å². The molecule has 2 aromatic rings. The van der Waals surface area contributed by atoms with Crippen molar-refractivity contribution < 1.29 is 19.4 Å². The molecule has 1 unspecified atom stereocenters. The van der Waals surface area contributed by atoms with E-state index in [1.807, 2.05) is 0 Å². The number of allylic oxidation sites excluding steroid dienone is 2. The van der Waals surface area contributed by atoms with Crippen LogP contribution in [0.2, 0.25) is 0 Å². The normalized spacial score (nSPS) is 16.4. The molecule has 0 radical (unpaired) electrons. The summed E-state index contributed by atoms with van der Waals surface area (Å²) in [6.45, 7) is 9.08. The lowest BCUT2D eigenvalue weighted by atomic mass is 9.66. The molecule has 1 aromatic carbocycles. The summed E-state index contributed by atoms with van der Waals surface area (Å²) in [4.78, 5) is 25.7. The monoisotopic (exact) mass is 468 g/mol. The van der Waals surface area contributed by atoms with E-state index < -0.39 is 6.09 Å². The first-order valence-electron chi connectivity index (χ1n) is 11.8. The number of rotatable bonds is 8. The number of aromatic nitrogens is 1. The van der Waals surface area contributed by atoms with Crippen LogP contribution in [0.3, 0.4) is 0 Å². The Morgan fingerprint density at radius 1 is 1.26 bits per heavy atom. The molecule has 0 aliphatic heterocycles. The van der Waals surface area contributed by atoms with Crippen LogP contribution in [0.4, 0.5) is 10.5 Å². The first-order valence-corrected chi connectivity index (χ1v) is 11.8. The third-order valence-corrected chi connectivity index (χ3v) is 6.56. The van der Waals surface area contributed by atoms with Gasteiger partial charge in [-0.2, -0.15) is 0 Å². The van der Waals surface area contributed by atoms with Crippen LogP contribution in [0.25, 0.3) is 0 Å². The fourth-order valence-electron chi connectivity index (χ4n) is 4.50. The minimum atomic E-state index is -0.648. The van der Waals surface area contributed by atoms with Crippen LogP contribution in [-0.2, 0) is 19.4 Å². The van der Waals surface area contributed by atoms with Gasteiger partial charge in [-0.3, -0.25) is 10.1 Å². The minimum Gasteiger partial charge on any atom is -0.497 e. The quantitative estimate of drug-likeness (QED) is 0.535. The van der Waals surface area contributed by atoms with Gasteiger partial charge in [0.15, 0.2) is 0 Å². The van der Waals surface area contributed by atoms with Crippen molar-refractivity contribution >= 4 is 11.8 Å². The van der Waals surface area contributed by atoms with Crippen molar-refractivity contribution in [2.75, 3.05) is 19.0 Å². The van der Waals surface area contributed by atoms with Gasteiger partial charge in [0, 0.05) is 36.2 Å². The summed E-state index contributed by atoms with van der Waals surface area (Å²) in [7, 11) is 1.58. The summed E-state index contributed by atoms with van der Waals surface area (Å²) in [6.07, 6.45) is 4.41. The smallest absolute Gasteiger partial charge is 0.417 e. The fourth-order valence-corrected chi connectivity index (χ4v) is 4.50. The molecule has 0 bridgehead atoms. The first kappa shape index (κ1) is 25.6. The van der Waals surface area contributed by atoms with Crippen molar-refractivity contribution in [1.82, 2.24) is 4.57 Å². The van der Waals surface area contributed by atoms with Crippen LogP contribution in [0.15, 0.2) is 46.8 Å². The zero-order chi connectivity index (χ0) is 24.9. The number of methoxy groups -OCH3 is 1. The minimum absolute atomic E-state index is 0.0102. The summed E-state index contributed by atoms with van der Waals surface area (Å²) in [5, 5.41) is 12.0. The summed E-state index contributed by atoms with van der Waals surface area (Å²) in [6, 6.07) is 8.34. The van der Waals surface area contributed by atoms with Crippen LogP contribution in [0, 0.1) is 11.3 Å². The van der Waals surface area contributed by atoms with Crippen LogP contribution >= 0.6 is 0 Å². The molecule has 1 aromatic heterocycles. The number of anilines is 1. The lowest BCUT2D eigenvalue weighted by Crippen LogP contribution is -2.38. The molecule has 1 aliphatic carbocycles. The molecule has 7 heteroatoms. The second-order valence-corrected chi connectivity index (χ2v) is 9.83. The average molecular weight is 469 g/mol. The Bertz CT molecular complexity index is 1100. The summed E-state index contributed by atoms with van der Waals surface area (Å²) in [5.41, 5.74) is 3.37. The number of carbonyl (C=O) groups excluding carboxylic acids is 1. The van der Waals surface area contributed by atoms with Crippen molar-refractivity contribution in [3.8, 4) is 11.5 Å². The summed E-state index contributed by atoms with van der Waals surface area (Å²) < 4.78 is 12.6. The number of nitrogens with one attached hydrogen (secondary N) is 1. The van der Waals surface area contributed by atoms with Gasteiger partial charge in [0.05, 0.1) is 7.11 Å². The largest absolute Gasteiger partial charge is 0.497 e. The molecule has 184 valence electrons. The first-order chi connectivity index (χ1) is 16.1. The highest BCUT2D eigenvalue weighted by atomic mass is 16.6. The molecule has 1 aliphatic rings. The van der Waals surface area contributed by atoms with Gasteiger partial charge in [-0.05, 0) is 75.1 Å². The van der Waals surface area contributed by atoms with E-state index >= 15 is 0 Å². The molecule has 3 rings (SSSR count). The number of amides is 1. The van der Waals surface area contributed by atoms with Gasteiger partial charge in [-0.1, -0.05) is 25.5 Å². The Kier molecular flexibility index (Phi) is 8.20. The van der Waals surface area contributed by atoms with Gasteiger partial charge in [0.2, 0.25) is 0 Å². The molecule has 0 saturated carbocycles. The van der Waals surface area contributed by atoms with E-state index in [1.54, 1.807) is 35.9 Å². The topological polar surface area (TPSA) is 89.8 Å². The van der Waals surface area contributed by atoms with E-state index in [0.29, 0.717) is 48.9 Å². The zero-order valence-electron chi connectivity index (χ0n) is 20.8. The number of benzene rings is 1. The number of aliphatic hydroxyl groups excluding tert-OH is 1. The highest BCUT2D eigenvalue weighted by molar-refractivity contribution is 5.86. The van der Waals surface area contributed by atoms with Gasteiger partial charge in [0.1, 0.15) is 11.5 Å². The molecule has 0 spiro atoms. The molecule has 0 fully saturated rings. The van der Waals surface area contributed by atoms with Crippen LogP contribution in [-0.4, -0.2) is 29.5 Å². The fraction of sp³-hybridized carbons (Fsp3) is 0.481. The highest BCUT2D eigenvalue weighted by Gasteiger charge is 2.37. The maximum Gasteiger partial charge on any atom is 0.417 e.